The Morgan fingerprint density at radius 3 is 1.89 bits per heavy atom. The number of aliphatic hydroxyl groups is 10. The summed E-state index contributed by atoms with van der Waals surface area (Å²) in [6.45, 7) is 7.15. The van der Waals surface area contributed by atoms with Gasteiger partial charge in [-0.2, -0.15) is 0 Å². The number of nitrogens with two attached hydrogens (primary N) is 1. The molecule has 3 heterocycles. The second kappa shape index (κ2) is 35.3. The zero-order valence-electron chi connectivity index (χ0n) is 47.8. The van der Waals surface area contributed by atoms with Gasteiger partial charge in [-0.1, -0.05) is 98.9 Å². The van der Waals surface area contributed by atoms with Crippen molar-refractivity contribution in [2.75, 3.05) is 18.9 Å². The van der Waals surface area contributed by atoms with E-state index in [9.17, 15) is 70.2 Å². The average molecular weight is 1150 g/mol. The summed E-state index contributed by atoms with van der Waals surface area (Å²) in [7, 11) is 1.77. The summed E-state index contributed by atoms with van der Waals surface area (Å²) in [6, 6.07) is 5.78. The molecule has 2 fully saturated rings. The van der Waals surface area contributed by atoms with Gasteiger partial charge in [-0.05, 0) is 76.1 Å². The molecule has 2 bridgehead atoms. The minimum atomic E-state index is -2.26. The molecule has 3 aliphatic heterocycles. The highest BCUT2D eigenvalue weighted by atomic mass is 16.7. The van der Waals surface area contributed by atoms with Crippen LogP contribution in [0.5, 0.6) is 0 Å². The monoisotopic (exact) mass is 1150 g/mol. The van der Waals surface area contributed by atoms with Gasteiger partial charge in [-0.3, -0.25) is 19.2 Å². The number of hydrogen-bond donors (Lipinski definition) is 13. The van der Waals surface area contributed by atoms with E-state index in [4.69, 9.17) is 24.7 Å². The maximum atomic E-state index is 13.5. The summed E-state index contributed by atoms with van der Waals surface area (Å²) in [5, 5.41) is 116. The molecule has 0 spiro atoms. The van der Waals surface area contributed by atoms with Crippen LogP contribution in [-0.2, 0) is 33.3 Å². The number of carbonyl (C=O) groups excluding carboxylic acids is 4. The van der Waals surface area contributed by atoms with E-state index in [1.54, 1.807) is 124 Å². The van der Waals surface area contributed by atoms with Crippen molar-refractivity contribution in [2.45, 2.75) is 202 Å². The van der Waals surface area contributed by atoms with E-state index in [0.29, 0.717) is 12.0 Å². The van der Waals surface area contributed by atoms with Crippen molar-refractivity contribution >= 4 is 29.1 Å². The van der Waals surface area contributed by atoms with Gasteiger partial charge in [0.25, 0.3) is 0 Å². The lowest BCUT2D eigenvalue weighted by atomic mass is 9.82. The Hall–Kier alpha value is -5.08. The number of anilines is 1. The van der Waals surface area contributed by atoms with Gasteiger partial charge in [-0.15, -0.1) is 0 Å². The summed E-state index contributed by atoms with van der Waals surface area (Å²) in [6.07, 6.45) is 3.46. The van der Waals surface area contributed by atoms with Crippen LogP contribution in [0.25, 0.3) is 0 Å². The highest BCUT2D eigenvalue weighted by molar-refractivity contribution is 5.96. The molecule has 21 nitrogen and oxygen atoms in total. The summed E-state index contributed by atoms with van der Waals surface area (Å²) >= 11 is 0. The topological polar surface area (TPSA) is 358 Å². The van der Waals surface area contributed by atoms with E-state index >= 15 is 0 Å². The Bertz CT molecular complexity index is 2340. The van der Waals surface area contributed by atoms with E-state index in [1.165, 1.54) is 0 Å². The summed E-state index contributed by atoms with van der Waals surface area (Å²) in [5.41, 5.74) is 7.41. The zero-order chi connectivity index (χ0) is 60.5. The molecule has 1 aromatic rings. The second-order valence-corrected chi connectivity index (χ2v) is 22.0. The van der Waals surface area contributed by atoms with Crippen molar-refractivity contribution in [3.8, 4) is 0 Å². The molecule has 0 aromatic heterocycles. The Labute approximate surface area is 481 Å². The molecule has 1 amide bonds. The Morgan fingerprint density at radius 2 is 1.29 bits per heavy atom. The third-order valence-electron chi connectivity index (χ3n) is 14.7. The van der Waals surface area contributed by atoms with Gasteiger partial charge in [-0.25, -0.2) is 0 Å². The van der Waals surface area contributed by atoms with Gasteiger partial charge in [0.1, 0.15) is 18.0 Å². The Balaban J connectivity index is 1.56. The van der Waals surface area contributed by atoms with Crippen LogP contribution in [0.15, 0.2) is 109 Å². The van der Waals surface area contributed by atoms with Crippen LogP contribution in [0, 0.1) is 17.8 Å². The predicted molar refractivity (Wildman–Crippen MR) is 306 cm³/mol. The van der Waals surface area contributed by atoms with Crippen molar-refractivity contribution in [2.24, 2.45) is 23.5 Å². The SMILES string of the molecule is CCNC(=O)C1C(O)CC2(O)CC(O)CC(O)CC(O)CC(O)CC(=O)CC(O)CC(=O)OC(C(C)CCC(O)CC(=O)c3ccc(NC)cc3)C(C)/C=C/C=C/C=C/C=C/C=C/C=C/C=C/C(O[C@@H]3O[C@H](C)[C@@H](O)[C@H](N)[C@@H]3O)CC1O2. The minimum absolute atomic E-state index is 0.101. The highest BCUT2D eigenvalue weighted by Crippen LogP contribution is 2.38. The van der Waals surface area contributed by atoms with Crippen LogP contribution < -0.4 is 16.4 Å². The maximum Gasteiger partial charge on any atom is 0.308 e. The van der Waals surface area contributed by atoms with Gasteiger partial charge in [0, 0.05) is 69.3 Å². The molecule has 0 aliphatic carbocycles. The average Bonchev–Trinajstić information content (AvgIpc) is 3.47. The molecule has 4 rings (SSSR count). The Kier molecular flexibility index (Phi) is 29.9. The third-order valence-corrected chi connectivity index (χ3v) is 14.7. The predicted octanol–water partition coefficient (Wildman–Crippen LogP) is 2.80. The smallest absolute Gasteiger partial charge is 0.308 e. The fourth-order valence-electron chi connectivity index (χ4n) is 10.4. The molecule has 2 saturated heterocycles. The van der Waals surface area contributed by atoms with Crippen molar-refractivity contribution in [3.05, 3.63) is 115 Å². The molecule has 14 unspecified atom stereocenters. The van der Waals surface area contributed by atoms with Crippen molar-refractivity contribution in [1.82, 2.24) is 5.32 Å². The van der Waals surface area contributed by atoms with E-state index in [0.717, 1.165) is 5.69 Å². The lowest BCUT2D eigenvalue weighted by Crippen LogP contribution is -2.62. The number of allylic oxidation sites excluding steroid dienone is 12. The van der Waals surface area contributed by atoms with Crippen molar-refractivity contribution < 1.29 is 89.2 Å². The molecule has 458 valence electrons. The minimum Gasteiger partial charge on any atom is -0.461 e. The van der Waals surface area contributed by atoms with E-state index in [-0.39, 0.29) is 56.3 Å². The third kappa shape index (κ3) is 23.9. The standard InChI is InChI=1S/C61H91N3O18/c1-6-64-59(77)54-51(73)36-61(78)35-48(71)31-46(69)29-44(67)27-43(66)28-45(68)30-47(70)33-53(74)81-58(38(3)21-26-42(65)32-50(72)40-22-24-41(63-5)25-23-40)37(2)19-17-15-13-11-9-7-8-10-12-14-16-18-20-49(34-52(54)82-61)80-60-57(76)55(62)56(75)39(4)79-60/h7-20,22-25,37-39,42-44,46-49,51-52,54-58,60,63,65-67,69-71,73,75-76,78H,6,21,26-36,62H2,1-5H3,(H,64,77)/b8-7+,11-9+,12-10+,15-13+,16-14+,19-17+,20-18+/t37?,38?,39-,42?,43?,44?,46?,47?,48?,49?,51?,52?,54?,55+,56-,57+,58?,60+,61?/m1/s1. The molecule has 1 aromatic carbocycles. The fraction of sp³-hybridized carbons (Fsp3) is 0.607. The van der Waals surface area contributed by atoms with Gasteiger partial charge >= 0.3 is 5.97 Å². The largest absolute Gasteiger partial charge is 0.461 e. The number of fused-ring (bicyclic) bond motifs is 2. The number of cyclic esters (lactones) is 1. The second-order valence-electron chi connectivity index (χ2n) is 22.0. The van der Waals surface area contributed by atoms with E-state index in [2.05, 4.69) is 10.6 Å². The lowest BCUT2D eigenvalue weighted by Gasteiger charge is -2.46. The van der Waals surface area contributed by atoms with Crippen LogP contribution in [0.1, 0.15) is 115 Å². The number of carbonyl (C=O) groups is 4. The number of esters is 1. The van der Waals surface area contributed by atoms with E-state index < -0.39 is 160 Å². The number of benzene rings is 1. The zero-order valence-corrected chi connectivity index (χ0v) is 47.8. The first kappa shape index (κ1) is 69.4. The fourth-order valence-corrected chi connectivity index (χ4v) is 10.4. The van der Waals surface area contributed by atoms with Gasteiger partial charge < -0.3 is 86.4 Å². The number of hydrogen-bond acceptors (Lipinski definition) is 20. The number of ketones is 2. The van der Waals surface area contributed by atoms with Crippen LogP contribution in [-0.4, -0.2) is 186 Å². The van der Waals surface area contributed by atoms with Crippen molar-refractivity contribution in [3.63, 3.8) is 0 Å². The quantitative estimate of drug-likeness (QED) is 0.106. The number of ether oxygens (including phenoxy) is 4. The van der Waals surface area contributed by atoms with Crippen molar-refractivity contribution in [1.29, 1.82) is 0 Å². The molecular weight excluding hydrogens is 1060 g/mol. The summed E-state index contributed by atoms with van der Waals surface area (Å²) in [4.78, 5) is 52.7. The van der Waals surface area contributed by atoms with Crippen LogP contribution >= 0.6 is 0 Å². The maximum absolute atomic E-state index is 13.5. The summed E-state index contributed by atoms with van der Waals surface area (Å²) in [5.74, 6) is -6.41. The summed E-state index contributed by atoms with van der Waals surface area (Å²) < 4.78 is 24.1. The number of aliphatic hydroxyl groups excluding tert-OH is 9. The first-order valence-electron chi connectivity index (χ1n) is 28.5. The van der Waals surface area contributed by atoms with E-state index in [1.807, 2.05) is 19.9 Å². The van der Waals surface area contributed by atoms with Gasteiger partial charge in [0.15, 0.2) is 17.9 Å². The van der Waals surface area contributed by atoms with Crippen LogP contribution in [0.3, 0.4) is 0 Å². The molecule has 82 heavy (non-hydrogen) atoms. The molecule has 14 N–H and O–H groups in total. The molecule has 3 aliphatic rings. The molecule has 0 saturated carbocycles. The van der Waals surface area contributed by atoms with Gasteiger partial charge in [0.05, 0.1) is 85.5 Å². The molecule has 0 radical (unpaired) electrons. The number of amides is 1. The first-order valence-corrected chi connectivity index (χ1v) is 28.5. The number of Topliss-reactive ketones (excluding diaryl/α,β-unsaturated/α-hetero) is 2. The molecular formula is C61H91N3O18. The van der Waals surface area contributed by atoms with Gasteiger partial charge in [0.2, 0.25) is 5.91 Å². The normalized spacial score (nSPS) is 37.4. The lowest BCUT2D eigenvalue weighted by molar-refractivity contribution is -0.307. The Morgan fingerprint density at radius 1 is 0.732 bits per heavy atom. The van der Waals surface area contributed by atoms with Crippen LogP contribution in [0.4, 0.5) is 5.69 Å². The number of rotatable bonds is 12. The van der Waals surface area contributed by atoms with Crippen LogP contribution in [0.2, 0.25) is 0 Å². The highest BCUT2D eigenvalue weighted by Gasteiger charge is 2.51. The first-order chi connectivity index (χ1) is 38.9. The molecule has 21 heteroatoms. The number of nitrogens with one attached hydrogen (secondary N) is 2. The molecule has 19 atom stereocenters.